The van der Waals surface area contributed by atoms with Crippen LogP contribution in [-0.2, 0) is 6.42 Å². The summed E-state index contributed by atoms with van der Waals surface area (Å²) in [4.78, 5) is 4.21. The number of nitrogens with zero attached hydrogens (tertiary/aromatic N) is 1. The SMILES string of the molecule is C1=CC(CC2CN=CN2)Cc2ccccc21. The summed E-state index contributed by atoms with van der Waals surface area (Å²) in [5.41, 5.74) is 2.86. The number of hydrogen-bond donors (Lipinski definition) is 1. The number of nitrogens with one attached hydrogen (secondary N) is 1. The summed E-state index contributed by atoms with van der Waals surface area (Å²) in [7, 11) is 0. The molecule has 0 saturated heterocycles. The van der Waals surface area contributed by atoms with Crippen molar-refractivity contribution in [3.63, 3.8) is 0 Å². The molecule has 2 heteroatoms. The molecule has 1 aromatic rings. The molecule has 1 aromatic carbocycles. The fraction of sp³-hybridized carbons (Fsp3) is 0.357. The van der Waals surface area contributed by atoms with E-state index < -0.39 is 0 Å². The van der Waals surface area contributed by atoms with Crippen LogP contribution in [0.15, 0.2) is 35.3 Å². The van der Waals surface area contributed by atoms with E-state index in [1.807, 2.05) is 6.34 Å². The topological polar surface area (TPSA) is 24.4 Å². The third-order valence-electron chi connectivity index (χ3n) is 3.40. The van der Waals surface area contributed by atoms with E-state index in [1.54, 1.807) is 0 Å². The molecule has 1 heterocycles. The van der Waals surface area contributed by atoms with E-state index in [4.69, 9.17) is 0 Å². The Balaban J connectivity index is 1.68. The van der Waals surface area contributed by atoms with Crippen molar-refractivity contribution in [1.82, 2.24) is 5.32 Å². The summed E-state index contributed by atoms with van der Waals surface area (Å²) in [5, 5.41) is 3.30. The fourth-order valence-electron chi connectivity index (χ4n) is 2.53. The van der Waals surface area contributed by atoms with Gasteiger partial charge < -0.3 is 5.32 Å². The minimum Gasteiger partial charge on any atom is -0.372 e. The molecule has 0 bridgehead atoms. The van der Waals surface area contributed by atoms with Crippen LogP contribution < -0.4 is 5.32 Å². The minimum absolute atomic E-state index is 0.542. The molecule has 0 amide bonds. The van der Waals surface area contributed by atoms with Crippen molar-refractivity contribution in [2.24, 2.45) is 10.9 Å². The predicted octanol–water partition coefficient (Wildman–Crippen LogP) is 2.26. The van der Waals surface area contributed by atoms with Crippen molar-refractivity contribution in [1.29, 1.82) is 0 Å². The largest absolute Gasteiger partial charge is 0.372 e. The molecule has 1 N–H and O–H groups in total. The molecule has 1 aliphatic carbocycles. The molecule has 0 fully saturated rings. The summed E-state index contributed by atoms with van der Waals surface area (Å²) >= 11 is 0. The molecule has 1 aliphatic heterocycles. The van der Waals surface area contributed by atoms with Gasteiger partial charge >= 0.3 is 0 Å². The van der Waals surface area contributed by atoms with E-state index in [2.05, 4.69) is 46.7 Å². The molecule has 2 atom stereocenters. The first kappa shape index (κ1) is 9.64. The molecule has 0 aromatic heterocycles. The monoisotopic (exact) mass is 212 g/mol. The molecule has 0 spiro atoms. The second-order valence-electron chi connectivity index (χ2n) is 4.62. The number of hydrogen-bond acceptors (Lipinski definition) is 2. The predicted molar refractivity (Wildman–Crippen MR) is 67.6 cm³/mol. The Hall–Kier alpha value is -1.57. The van der Waals surface area contributed by atoms with E-state index >= 15 is 0 Å². The van der Waals surface area contributed by atoms with Crippen LogP contribution in [0.25, 0.3) is 6.08 Å². The quantitative estimate of drug-likeness (QED) is 0.799. The van der Waals surface area contributed by atoms with Crippen molar-refractivity contribution in [3.05, 3.63) is 41.5 Å². The molecular weight excluding hydrogens is 196 g/mol. The van der Waals surface area contributed by atoms with Crippen molar-refractivity contribution in [2.75, 3.05) is 6.54 Å². The maximum Gasteiger partial charge on any atom is 0.0827 e. The number of fused-ring (bicyclic) bond motifs is 1. The first-order chi connectivity index (χ1) is 7.92. The molecule has 2 aliphatic rings. The lowest BCUT2D eigenvalue weighted by molar-refractivity contribution is 0.492. The molecule has 3 rings (SSSR count). The summed E-state index contributed by atoms with van der Waals surface area (Å²) < 4.78 is 0. The third-order valence-corrected chi connectivity index (χ3v) is 3.40. The van der Waals surface area contributed by atoms with E-state index in [0.717, 1.165) is 6.54 Å². The highest BCUT2D eigenvalue weighted by Gasteiger charge is 2.19. The molecule has 2 unspecified atom stereocenters. The Morgan fingerprint density at radius 1 is 1.31 bits per heavy atom. The zero-order valence-corrected chi connectivity index (χ0v) is 9.26. The van der Waals surface area contributed by atoms with Gasteiger partial charge in [0.2, 0.25) is 0 Å². The average molecular weight is 212 g/mol. The lowest BCUT2D eigenvalue weighted by Gasteiger charge is -2.21. The molecule has 82 valence electrons. The van der Waals surface area contributed by atoms with Crippen LogP contribution in [-0.4, -0.2) is 18.9 Å². The first-order valence-corrected chi connectivity index (χ1v) is 5.92. The summed E-state index contributed by atoms with van der Waals surface area (Å²) in [6.45, 7) is 0.936. The normalized spacial score (nSPS) is 26.5. The van der Waals surface area contributed by atoms with Crippen LogP contribution in [0.1, 0.15) is 17.5 Å². The lowest BCUT2D eigenvalue weighted by Crippen LogP contribution is -2.28. The van der Waals surface area contributed by atoms with Gasteiger partial charge in [0.15, 0.2) is 0 Å². The summed E-state index contributed by atoms with van der Waals surface area (Å²) in [5.74, 6) is 0.661. The maximum atomic E-state index is 4.21. The Labute approximate surface area is 96.1 Å². The second-order valence-corrected chi connectivity index (χ2v) is 4.62. The van der Waals surface area contributed by atoms with Crippen molar-refractivity contribution < 1.29 is 0 Å². The molecular formula is C14H16N2. The van der Waals surface area contributed by atoms with Gasteiger partial charge in [0.05, 0.1) is 12.9 Å². The Bertz CT molecular complexity index is 426. The van der Waals surface area contributed by atoms with Crippen molar-refractivity contribution >= 4 is 12.4 Å². The van der Waals surface area contributed by atoms with Crippen LogP contribution in [0, 0.1) is 5.92 Å². The van der Waals surface area contributed by atoms with Crippen molar-refractivity contribution in [2.45, 2.75) is 18.9 Å². The summed E-state index contributed by atoms with van der Waals surface area (Å²) in [6, 6.07) is 9.21. The van der Waals surface area contributed by atoms with Gasteiger partial charge in [-0.05, 0) is 29.9 Å². The Morgan fingerprint density at radius 3 is 3.12 bits per heavy atom. The highest BCUT2D eigenvalue weighted by atomic mass is 15.1. The van der Waals surface area contributed by atoms with E-state index in [1.165, 1.54) is 24.0 Å². The van der Waals surface area contributed by atoms with Crippen molar-refractivity contribution in [3.8, 4) is 0 Å². The van der Waals surface area contributed by atoms with E-state index in [-0.39, 0.29) is 0 Å². The van der Waals surface area contributed by atoms with Gasteiger partial charge in [-0.3, -0.25) is 4.99 Å². The van der Waals surface area contributed by atoms with Crippen LogP contribution in [0.5, 0.6) is 0 Å². The van der Waals surface area contributed by atoms with Gasteiger partial charge in [0.1, 0.15) is 0 Å². The molecule has 0 radical (unpaired) electrons. The second kappa shape index (κ2) is 4.12. The van der Waals surface area contributed by atoms with Gasteiger partial charge in [-0.25, -0.2) is 0 Å². The van der Waals surface area contributed by atoms with Gasteiger partial charge in [-0.2, -0.15) is 0 Å². The third kappa shape index (κ3) is 1.87. The maximum absolute atomic E-state index is 4.21. The smallest absolute Gasteiger partial charge is 0.0827 e. The minimum atomic E-state index is 0.542. The average Bonchev–Trinajstić information content (AvgIpc) is 2.82. The molecule has 16 heavy (non-hydrogen) atoms. The molecule has 2 nitrogen and oxygen atoms in total. The number of aliphatic imine (C=N–C) groups is 1. The fourth-order valence-corrected chi connectivity index (χ4v) is 2.53. The standard InChI is InChI=1S/C14H16N2/c1-2-4-13-7-11(5-6-12(13)3-1)8-14-9-15-10-16-14/h1-6,10-11,14H,7-9H2,(H,15,16). The van der Waals surface area contributed by atoms with Crippen LogP contribution >= 0.6 is 0 Å². The van der Waals surface area contributed by atoms with Gasteiger partial charge in [0, 0.05) is 6.04 Å². The number of benzene rings is 1. The zero-order valence-electron chi connectivity index (χ0n) is 9.26. The van der Waals surface area contributed by atoms with E-state index in [9.17, 15) is 0 Å². The summed E-state index contributed by atoms with van der Waals surface area (Å²) in [6.07, 6.45) is 8.81. The van der Waals surface area contributed by atoms with Gasteiger partial charge in [-0.1, -0.05) is 36.4 Å². The molecule has 0 saturated carbocycles. The number of rotatable bonds is 2. The Kier molecular flexibility index (Phi) is 2.49. The van der Waals surface area contributed by atoms with Gasteiger partial charge in [-0.15, -0.1) is 0 Å². The zero-order chi connectivity index (χ0) is 10.8. The van der Waals surface area contributed by atoms with Crippen LogP contribution in [0.2, 0.25) is 0 Å². The van der Waals surface area contributed by atoms with Gasteiger partial charge in [0.25, 0.3) is 0 Å². The van der Waals surface area contributed by atoms with E-state index in [0.29, 0.717) is 12.0 Å². The Morgan fingerprint density at radius 2 is 2.25 bits per heavy atom. The van der Waals surface area contributed by atoms with Crippen LogP contribution in [0.3, 0.4) is 0 Å². The van der Waals surface area contributed by atoms with Crippen LogP contribution in [0.4, 0.5) is 0 Å². The first-order valence-electron chi connectivity index (χ1n) is 5.92. The highest BCUT2D eigenvalue weighted by molar-refractivity contribution is 5.58. The lowest BCUT2D eigenvalue weighted by atomic mass is 9.86. The number of allylic oxidation sites excluding steroid dienone is 1. The highest BCUT2D eigenvalue weighted by Crippen LogP contribution is 2.25.